The maximum atomic E-state index is 2.60. The van der Waals surface area contributed by atoms with Gasteiger partial charge in [-0.25, -0.2) is 0 Å². The summed E-state index contributed by atoms with van der Waals surface area (Å²) in [5.41, 5.74) is 16.7. The predicted molar refractivity (Wildman–Crippen MR) is 238 cm³/mol. The van der Waals surface area contributed by atoms with Gasteiger partial charge in [-0.05, 0) is 120 Å². The molecule has 1 fully saturated rings. The SMILES string of the molecule is c1ccc(C2(c3ccccc3)c3ccccc3-c3ccc(N(c4ccc5c(ccc6ccccc65)c4)c4cccc5c4C4(CCCC4)c4ccccc4-5)cc32)cc1. The lowest BCUT2D eigenvalue weighted by molar-refractivity contribution is 0.550. The van der Waals surface area contributed by atoms with Gasteiger partial charge in [-0.3, -0.25) is 0 Å². The van der Waals surface area contributed by atoms with Gasteiger partial charge in [0, 0.05) is 16.8 Å². The van der Waals surface area contributed by atoms with Crippen LogP contribution in [0.25, 0.3) is 43.8 Å². The van der Waals surface area contributed by atoms with Crippen molar-refractivity contribution in [1.82, 2.24) is 0 Å². The molecule has 0 saturated heterocycles. The summed E-state index contributed by atoms with van der Waals surface area (Å²) in [6.07, 6.45) is 4.85. The molecule has 0 heterocycles. The molecule has 0 bridgehead atoms. The van der Waals surface area contributed by atoms with Crippen LogP contribution in [0.15, 0.2) is 200 Å². The molecule has 0 aromatic heterocycles. The molecule has 9 aromatic carbocycles. The minimum absolute atomic E-state index is 0.00137. The van der Waals surface area contributed by atoms with E-state index in [1.54, 1.807) is 0 Å². The summed E-state index contributed by atoms with van der Waals surface area (Å²) in [6.45, 7) is 0. The van der Waals surface area contributed by atoms with Crippen molar-refractivity contribution in [2.45, 2.75) is 36.5 Å². The van der Waals surface area contributed by atoms with Gasteiger partial charge in [-0.1, -0.05) is 183 Å². The average Bonchev–Trinajstić information content (AvgIpc) is 3.97. The molecule has 57 heavy (non-hydrogen) atoms. The van der Waals surface area contributed by atoms with E-state index < -0.39 is 5.41 Å². The van der Waals surface area contributed by atoms with Crippen LogP contribution >= 0.6 is 0 Å². The minimum atomic E-state index is -0.486. The van der Waals surface area contributed by atoms with Crippen molar-refractivity contribution in [1.29, 1.82) is 0 Å². The molecule has 3 aliphatic carbocycles. The zero-order valence-corrected chi connectivity index (χ0v) is 31.8. The lowest BCUT2D eigenvalue weighted by Crippen LogP contribution is -2.29. The van der Waals surface area contributed by atoms with E-state index in [1.807, 2.05) is 0 Å². The van der Waals surface area contributed by atoms with E-state index in [9.17, 15) is 0 Å². The predicted octanol–water partition coefficient (Wildman–Crippen LogP) is 14.7. The third kappa shape index (κ3) is 4.51. The van der Waals surface area contributed by atoms with E-state index in [0.29, 0.717) is 0 Å². The van der Waals surface area contributed by atoms with Gasteiger partial charge < -0.3 is 4.90 Å². The molecule has 9 aromatic rings. The van der Waals surface area contributed by atoms with E-state index in [4.69, 9.17) is 0 Å². The zero-order valence-electron chi connectivity index (χ0n) is 31.8. The first kappa shape index (κ1) is 32.5. The van der Waals surface area contributed by atoms with E-state index in [2.05, 4.69) is 205 Å². The second-order valence-electron chi connectivity index (χ2n) is 16.3. The molecule has 270 valence electrons. The Labute approximate surface area is 334 Å². The quantitative estimate of drug-likeness (QED) is 0.160. The van der Waals surface area contributed by atoms with Crippen LogP contribution in [0.1, 0.15) is 59.1 Å². The fourth-order valence-corrected chi connectivity index (χ4v) is 11.4. The molecule has 0 N–H and O–H groups in total. The Morgan fingerprint density at radius 3 is 1.70 bits per heavy atom. The highest BCUT2D eigenvalue weighted by Crippen LogP contribution is 2.62. The molecular weight excluding hydrogens is 687 g/mol. The topological polar surface area (TPSA) is 3.24 Å². The molecule has 1 heteroatoms. The van der Waals surface area contributed by atoms with Crippen LogP contribution in [-0.4, -0.2) is 0 Å². The fourth-order valence-electron chi connectivity index (χ4n) is 11.4. The Bertz CT molecular complexity index is 2980. The Hall–Kier alpha value is -6.70. The molecule has 0 unspecified atom stereocenters. The van der Waals surface area contributed by atoms with Gasteiger partial charge in [0.2, 0.25) is 0 Å². The summed E-state index contributed by atoms with van der Waals surface area (Å²) in [4.78, 5) is 2.60. The molecular formula is C56H41N. The summed E-state index contributed by atoms with van der Waals surface area (Å²) < 4.78 is 0. The molecule has 12 rings (SSSR count). The average molecular weight is 728 g/mol. The van der Waals surface area contributed by atoms with Gasteiger partial charge in [0.1, 0.15) is 0 Å². The maximum absolute atomic E-state index is 2.60. The molecule has 1 saturated carbocycles. The fraction of sp³-hybridized carbons (Fsp3) is 0.107. The standard InChI is InChI=1S/C56H41N/c1-3-17-40(18-4-1)56(41-19-5-2-6-20-41)51-26-12-10-22-46(51)48-33-31-43(37-52(48)56)57(42-30-32-45-39(36-42)29-28-38-16-7-8-21-44(38)45)53-27-15-24-49-47-23-9-11-25-50(47)55(54(49)53)34-13-14-35-55/h1-12,15-33,36-37H,13-14,34-35H2. The first-order chi connectivity index (χ1) is 28.3. The summed E-state index contributed by atoms with van der Waals surface area (Å²) in [5, 5.41) is 5.10. The van der Waals surface area contributed by atoms with Crippen molar-refractivity contribution in [2.24, 2.45) is 0 Å². The number of benzene rings is 9. The summed E-state index contributed by atoms with van der Waals surface area (Å²) >= 11 is 0. The van der Waals surface area contributed by atoms with E-state index in [0.717, 1.165) is 0 Å². The number of fused-ring (bicyclic) bond motifs is 11. The van der Waals surface area contributed by atoms with Crippen LogP contribution in [0.4, 0.5) is 17.1 Å². The van der Waals surface area contributed by atoms with Crippen LogP contribution in [0.2, 0.25) is 0 Å². The van der Waals surface area contributed by atoms with Gasteiger partial charge in [-0.15, -0.1) is 0 Å². The lowest BCUT2D eigenvalue weighted by atomic mass is 9.67. The first-order valence-corrected chi connectivity index (χ1v) is 20.6. The van der Waals surface area contributed by atoms with Crippen molar-refractivity contribution in [2.75, 3.05) is 4.90 Å². The normalized spacial score (nSPS) is 15.4. The van der Waals surface area contributed by atoms with Gasteiger partial charge in [0.15, 0.2) is 0 Å². The molecule has 0 aliphatic heterocycles. The molecule has 0 radical (unpaired) electrons. The Morgan fingerprint density at radius 2 is 0.930 bits per heavy atom. The Morgan fingerprint density at radius 1 is 0.368 bits per heavy atom. The number of rotatable bonds is 5. The summed E-state index contributed by atoms with van der Waals surface area (Å²) in [5.74, 6) is 0. The maximum Gasteiger partial charge on any atom is 0.0714 e. The number of anilines is 3. The van der Waals surface area contributed by atoms with Crippen LogP contribution in [0.5, 0.6) is 0 Å². The van der Waals surface area contributed by atoms with E-state index in [-0.39, 0.29) is 5.41 Å². The molecule has 3 aliphatic rings. The van der Waals surface area contributed by atoms with Crippen LogP contribution in [0, 0.1) is 0 Å². The Balaban J connectivity index is 1.16. The summed E-state index contributed by atoms with van der Waals surface area (Å²) in [7, 11) is 0. The number of hydrogen-bond donors (Lipinski definition) is 0. The smallest absolute Gasteiger partial charge is 0.0714 e. The highest BCUT2D eigenvalue weighted by atomic mass is 15.1. The highest BCUT2D eigenvalue weighted by Gasteiger charge is 2.48. The summed E-state index contributed by atoms with van der Waals surface area (Å²) in [6, 6.07) is 75.5. The number of hydrogen-bond acceptors (Lipinski definition) is 1. The first-order valence-electron chi connectivity index (χ1n) is 20.6. The molecule has 1 spiro atoms. The van der Waals surface area contributed by atoms with Gasteiger partial charge in [0.25, 0.3) is 0 Å². The van der Waals surface area contributed by atoms with Gasteiger partial charge >= 0.3 is 0 Å². The monoisotopic (exact) mass is 727 g/mol. The van der Waals surface area contributed by atoms with Crippen LogP contribution in [0.3, 0.4) is 0 Å². The Kier molecular flexibility index (Phi) is 7.08. The van der Waals surface area contributed by atoms with Crippen molar-refractivity contribution in [3.8, 4) is 22.3 Å². The molecule has 0 atom stereocenters. The van der Waals surface area contributed by atoms with Crippen LogP contribution < -0.4 is 4.90 Å². The van der Waals surface area contributed by atoms with E-state index >= 15 is 0 Å². The molecule has 1 nitrogen and oxygen atoms in total. The van der Waals surface area contributed by atoms with E-state index in [1.165, 1.54) is 120 Å². The van der Waals surface area contributed by atoms with Crippen molar-refractivity contribution in [3.05, 3.63) is 234 Å². The number of nitrogens with zero attached hydrogens (tertiary/aromatic N) is 1. The third-order valence-electron chi connectivity index (χ3n) is 13.6. The van der Waals surface area contributed by atoms with Crippen molar-refractivity contribution < 1.29 is 0 Å². The van der Waals surface area contributed by atoms with Crippen molar-refractivity contribution in [3.63, 3.8) is 0 Å². The van der Waals surface area contributed by atoms with Gasteiger partial charge in [0.05, 0.1) is 11.1 Å². The third-order valence-corrected chi connectivity index (χ3v) is 13.6. The minimum Gasteiger partial charge on any atom is -0.310 e. The second-order valence-corrected chi connectivity index (χ2v) is 16.3. The highest BCUT2D eigenvalue weighted by molar-refractivity contribution is 6.09. The van der Waals surface area contributed by atoms with Crippen LogP contribution in [-0.2, 0) is 10.8 Å². The zero-order chi connectivity index (χ0) is 37.6. The van der Waals surface area contributed by atoms with Gasteiger partial charge in [-0.2, -0.15) is 0 Å². The molecule has 0 amide bonds. The second kappa shape index (κ2) is 12.4. The largest absolute Gasteiger partial charge is 0.310 e. The van der Waals surface area contributed by atoms with Crippen molar-refractivity contribution >= 4 is 38.6 Å². The lowest BCUT2D eigenvalue weighted by Gasteiger charge is -2.36.